The first kappa shape index (κ1) is 12.2. The van der Waals surface area contributed by atoms with Crippen molar-refractivity contribution >= 4 is 23.2 Å². The molecule has 1 unspecified atom stereocenters. The maximum Gasteiger partial charge on any atom is 0.242 e. The van der Waals surface area contributed by atoms with Crippen LogP contribution in [0, 0.1) is 0 Å². The summed E-state index contributed by atoms with van der Waals surface area (Å²) in [6.07, 6.45) is 0. The van der Waals surface area contributed by atoms with Gasteiger partial charge in [0, 0.05) is 30.8 Å². The van der Waals surface area contributed by atoms with Gasteiger partial charge in [0.05, 0.1) is 12.6 Å². The molecule has 0 aromatic heterocycles. The lowest BCUT2D eigenvalue weighted by atomic mass is 10.1. The van der Waals surface area contributed by atoms with E-state index in [0.717, 1.165) is 12.2 Å². The number of benzene rings is 1. The largest absolute Gasteiger partial charge is 0.360 e. The third-order valence-corrected chi connectivity index (χ3v) is 3.41. The Morgan fingerprint density at radius 2 is 2.06 bits per heavy atom. The van der Waals surface area contributed by atoms with Crippen LogP contribution < -0.4 is 10.6 Å². The van der Waals surface area contributed by atoms with Gasteiger partial charge >= 0.3 is 0 Å². The van der Waals surface area contributed by atoms with Crippen LogP contribution in [-0.2, 0) is 4.79 Å². The number of likely N-dealkylation sites (N-methyl/N-ethyl adjacent to an activating group) is 1. The van der Waals surface area contributed by atoms with E-state index >= 15 is 0 Å². The molecule has 1 aromatic rings. The number of piperazine rings is 1. The molecule has 1 amide bonds. The summed E-state index contributed by atoms with van der Waals surface area (Å²) in [6.45, 7) is 1.64. The minimum atomic E-state index is 0.0759. The Balaban J connectivity index is 2.17. The number of carbonyl (C=O) groups excluding carboxylic acids is 1. The van der Waals surface area contributed by atoms with Gasteiger partial charge in [-0.25, -0.2) is 0 Å². The number of rotatable bonds is 2. The summed E-state index contributed by atoms with van der Waals surface area (Å²) in [5.74, 6) is 0.0988. The molecule has 17 heavy (non-hydrogen) atoms. The Labute approximate surface area is 106 Å². The standard InChI is InChI=1S/C12H16ClN3O/c1-15-11(6-14)7-16(8-12(15)17)10-4-2-9(13)3-5-10/h2-5,11H,6-8,14H2,1H3. The van der Waals surface area contributed by atoms with Crippen LogP contribution >= 0.6 is 11.6 Å². The van der Waals surface area contributed by atoms with Gasteiger partial charge in [-0.15, -0.1) is 0 Å². The highest BCUT2D eigenvalue weighted by Gasteiger charge is 2.28. The lowest BCUT2D eigenvalue weighted by Crippen LogP contribution is -2.57. The summed E-state index contributed by atoms with van der Waals surface area (Å²) in [5.41, 5.74) is 6.69. The Bertz CT molecular complexity index is 407. The summed E-state index contributed by atoms with van der Waals surface area (Å²) in [5, 5.41) is 0.699. The van der Waals surface area contributed by atoms with Gasteiger partial charge in [-0.2, -0.15) is 0 Å². The van der Waals surface area contributed by atoms with Gasteiger partial charge in [-0.3, -0.25) is 4.79 Å². The summed E-state index contributed by atoms with van der Waals surface area (Å²) in [6, 6.07) is 7.59. The van der Waals surface area contributed by atoms with E-state index in [1.54, 1.807) is 11.9 Å². The van der Waals surface area contributed by atoms with Crippen LogP contribution in [0.15, 0.2) is 24.3 Å². The zero-order chi connectivity index (χ0) is 12.4. The first-order valence-corrected chi connectivity index (χ1v) is 5.96. The molecule has 2 rings (SSSR count). The van der Waals surface area contributed by atoms with E-state index in [1.807, 2.05) is 29.2 Å². The van der Waals surface area contributed by atoms with E-state index in [4.69, 9.17) is 17.3 Å². The lowest BCUT2D eigenvalue weighted by Gasteiger charge is -2.39. The van der Waals surface area contributed by atoms with Gasteiger partial charge in [-0.05, 0) is 24.3 Å². The molecule has 2 N–H and O–H groups in total. The number of amides is 1. The quantitative estimate of drug-likeness (QED) is 0.854. The van der Waals surface area contributed by atoms with Crippen molar-refractivity contribution in [2.75, 3.05) is 31.6 Å². The molecule has 0 saturated carbocycles. The Hall–Kier alpha value is -1.26. The molecule has 0 aliphatic carbocycles. The van der Waals surface area contributed by atoms with Crippen LogP contribution in [0.5, 0.6) is 0 Å². The van der Waals surface area contributed by atoms with Crippen LogP contribution in [0.1, 0.15) is 0 Å². The average Bonchev–Trinajstić information content (AvgIpc) is 2.33. The van der Waals surface area contributed by atoms with Crippen molar-refractivity contribution in [1.82, 2.24) is 4.90 Å². The minimum Gasteiger partial charge on any atom is -0.360 e. The van der Waals surface area contributed by atoms with Gasteiger partial charge in [0.1, 0.15) is 0 Å². The maximum atomic E-state index is 11.8. The molecule has 1 aliphatic heterocycles. The fourth-order valence-electron chi connectivity index (χ4n) is 2.00. The molecule has 1 aliphatic rings. The summed E-state index contributed by atoms with van der Waals surface area (Å²) in [7, 11) is 1.80. The zero-order valence-corrected chi connectivity index (χ0v) is 10.5. The van der Waals surface area contributed by atoms with Gasteiger partial charge in [0.15, 0.2) is 0 Å². The summed E-state index contributed by atoms with van der Waals surface area (Å²) in [4.78, 5) is 15.6. The Morgan fingerprint density at radius 3 is 2.65 bits per heavy atom. The molecule has 1 fully saturated rings. The van der Waals surface area contributed by atoms with Gasteiger partial charge < -0.3 is 15.5 Å². The third kappa shape index (κ3) is 2.53. The number of hydrogen-bond acceptors (Lipinski definition) is 3. The molecule has 0 radical (unpaired) electrons. The van der Waals surface area contributed by atoms with Crippen molar-refractivity contribution < 1.29 is 4.79 Å². The molecule has 92 valence electrons. The highest BCUT2D eigenvalue weighted by Crippen LogP contribution is 2.21. The fraction of sp³-hybridized carbons (Fsp3) is 0.417. The Kier molecular flexibility index (Phi) is 3.54. The van der Waals surface area contributed by atoms with E-state index in [0.29, 0.717) is 18.1 Å². The zero-order valence-electron chi connectivity index (χ0n) is 9.77. The number of carbonyl (C=O) groups is 1. The number of nitrogens with two attached hydrogens (primary N) is 1. The molecule has 0 spiro atoms. The van der Waals surface area contributed by atoms with E-state index in [2.05, 4.69) is 0 Å². The van der Waals surface area contributed by atoms with E-state index in [1.165, 1.54) is 0 Å². The molecule has 5 heteroatoms. The first-order chi connectivity index (χ1) is 8.11. The van der Waals surface area contributed by atoms with Gasteiger partial charge in [0.2, 0.25) is 5.91 Å². The van der Waals surface area contributed by atoms with E-state index < -0.39 is 0 Å². The second kappa shape index (κ2) is 4.94. The normalized spacial score (nSPS) is 20.9. The lowest BCUT2D eigenvalue weighted by molar-refractivity contribution is -0.131. The van der Waals surface area contributed by atoms with E-state index in [9.17, 15) is 4.79 Å². The average molecular weight is 254 g/mol. The van der Waals surface area contributed by atoms with Crippen molar-refractivity contribution in [2.45, 2.75) is 6.04 Å². The molecule has 1 atom stereocenters. The minimum absolute atomic E-state index is 0.0759. The predicted molar refractivity (Wildman–Crippen MR) is 69.3 cm³/mol. The van der Waals surface area contributed by atoms with Crippen LogP contribution in [-0.4, -0.2) is 43.5 Å². The SMILES string of the molecule is CN1C(=O)CN(c2ccc(Cl)cc2)CC1CN. The maximum absolute atomic E-state index is 11.8. The Morgan fingerprint density at radius 1 is 1.41 bits per heavy atom. The van der Waals surface area contributed by atoms with Crippen LogP contribution in [0.25, 0.3) is 0 Å². The van der Waals surface area contributed by atoms with Crippen molar-refractivity contribution in [2.24, 2.45) is 5.73 Å². The number of halogens is 1. The monoisotopic (exact) mass is 253 g/mol. The molecule has 1 heterocycles. The van der Waals surface area contributed by atoms with Crippen molar-refractivity contribution in [3.05, 3.63) is 29.3 Å². The summed E-state index contributed by atoms with van der Waals surface area (Å²) >= 11 is 5.84. The van der Waals surface area contributed by atoms with Crippen LogP contribution in [0.3, 0.4) is 0 Å². The fourth-order valence-corrected chi connectivity index (χ4v) is 2.13. The molecule has 0 bridgehead atoms. The van der Waals surface area contributed by atoms with Crippen molar-refractivity contribution in [3.63, 3.8) is 0 Å². The number of hydrogen-bond donors (Lipinski definition) is 1. The summed E-state index contributed by atoms with van der Waals surface area (Å²) < 4.78 is 0. The second-order valence-electron chi connectivity index (χ2n) is 4.25. The highest BCUT2D eigenvalue weighted by atomic mass is 35.5. The molecule has 1 aromatic carbocycles. The van der Waals surface area contributed by atoms with Crippen molar-refractivity contribution in [1.29, 1.82) is 0 Å². The van der Waals surface area contributed by atoms with Crippen molar-refractivity contribution in [3.8, 4) is 0 Å². The molecular weight excluding hydrogens is 238 g/mol. The number of anilines is 1. The smallest absolute Gasteiger partial charge is 0.242 e. The third-order valence-electron chi connectivity index (χ3n) is 3.16. The van der Waals surface area contributed by atoms with E-state index in [-0.39, 0.29) is 11.9 Å². The topological polar surface area (TPSA) is 49.6 Å². The highest BCUT2D eigenvalue weighted by molar-refractivity contribution is 6.30. The molecule has 4 nitrogen and oxygen atoms in total. The molecular formula is C12H16ClN3O. The van der Waals surface area contributed by atoms with Crippen LogP contribution in [0.4, 0.5) is 5.69 Å². The molecule has 1 saturated heterocycles. The van der Waals surface area contributed by atoms with Gasteiger partial charge in [-0.1, -0.05) is 11.6 Å². The first-order valence-electron chi connectivity index (χ1n) is 5.58. The van der Waals surface area contributed by atoms with Crippen LogP contribution in [0.2, 0.25) is 5.02 Å². The van der Waals surface area contributed by atoms with Gasteiger partial charge in [0.25, 0.3) is 0 Å². The second-order valence-corrected chi connectivity index (χ2v) is 4.69. The number of nitrogens with zero attached hydrogens (tertiary/aromatic N) is 2. The predicted octanol–water partition coefficient (Wildman–Crippen LogP) is 0.946.